The Hall–Kier alpha value is -2.53. The van der Waals surface area contributed by atoms with Crippen molar-refractivity contribution in [2.45, 2.75) is 39.7 Å². The lowest BCUT2D eigenvalue weighted by molar-refractivity contribution is 0.0951. The zero-order valence-electron chi connectivity index (χ0n) is 18.0. The first kappa shape index (κ1) is 21.2. The SMILES string of the molecule is COc1cc2c(cc1OC)CN(CCCCNC(=O)c1cc(C)ccc1C)CC2. The number of hydrogen-bond donors (Lipinski definition) is 1. The van der Waals surface area contributed by atoms with E-state index in [0.29, 0.717) is 6.54 Å². The summed E-state index contributed by atoms with van der Waals surface area (Å²) in [5.74, 6) is 1.63. The number of rotatable bonds is 8. The molecule has 1 amide bonds. The Kier molecular flexibility index (Phi) is 7.15. The number of fused-ring (bicyclic) bond motifs is 1. The van der Waals surface area contributed by atoms with Crippen LogP contribution in [0, 0.1) is 13.8 Å². The summed E-state index contributed by atoms with van der Waals surface area (Å²) >= 11 is 0. The van der Waals surface area contributed by atoms with Crippen molar-refractivity contribution in [3.63, 3.8) is 0 Å². The first-order chi connectivity index (χ1) is 14.0. The highest BCUT2D eigenvalue weighted by Gasteiger charge is 2.19. The van der Waals surface area contributed by atoms with Crippen molar-refractivity contribution in [3.8, 4) is 11.5 Å². The molecule has 2 aromatic rings. The average molecular weight is 397 g/mol. The maximum Gasteiger partial charge on any atom is 0.251 e. The van der Waals surface area contributed by atoms with E-state index in [4.69, 9.17) is 9.47 Å². The number of carbonyl (C=O) groups is 1. The number of unbranched alkanes of at least 4 members (excludes halogenated alkanes) is 1. The first-order valence-electron chi connectivity index (χ1n) is 10.3. The molecule has 0 fully saturated rings. The molecular formula is C24H32N2O3. The summed E-state index contributed by atoms with van der Waals surface area (Å²) in [5, 5.41) is 3.06. The molecule has 1 N–H and O–H groups in total. The van der Waals surface area contributed by atoms with Crippen LogP contribution in [0.25, 0.3) is 0 Å². The quantitative estimate of drug-likeness (QED) is 0.688. The molecule has 5 nitrogen and oxygen atoms in total. The van der Waals surface area contributed by atoms with Crippen molar-refractivity contribution in [2.24, 2.45) is 0 Å². The maximum atomic E-state index is 12.4. The smallest absolute Gasteiger partial charge is 0.251 e. The van der Waals surface area contributed by atoms with Crippen LogP contribution in [-0.4, -0.2) is 44.7 Å². The highest BCUT2D eigenvalue weighted by Crippen LogP contribution is 2.33. The summed E-state index contributed by atoms with van der Waals surface area (Å²) in [4.78, 5) is 14.9. The Morgan fingerprint density at radius 2 is 1.76 bits per heavy atom. The number of hydrogen-bond acceptors (Lipinski definition) is 4. The number of methoxy groups -OCH3 is 2. The van der Waals surface area contributed by atoms with Crippen LogP contribution in [0.5, 0.6) is 11.5 Å². The summed E-state index contributed by atoms with van der Waals surface area (Å²) < 4.78 is 10.9. The molecule has 5 heteroatoms. The van der Waals surface area contributed by atoms with Crippen LogP contribution in [0.2, 0.25) is 0 Å². The highest BCUT2D eigenvalue weighted by molar-refractivity contribution is 5.95. The van der Waals surface area contributed by atoms with Gasteiger partial charge in [0.05, 0.1) is 14.2 Å². The Bertz CT molecular complexity index is 863. The fraction of sp³-hybridized carbons (Fsp3) is 0.458. The second kappa shape index (κ2) is 9.79. The van der Waals surface area contributed by atoms with Gasteiger partial charge in [-0.15, -0.1) is 0 Å². The molecule has 1 heterocycles. The standard InChI is InChI=1S/C24H32N2O3/c1-17-7-8-18(2)21(13-17)24(27)25-10-5-6-11-26-12-9-19-14-22(28-3)23(29-4)15-20(19)16-26/h7-8,13-15H,5-6,9-12,16H2,1-4H3,(H,25,27). The molecule has 1 aliphatic rings. The van der Waals surface area contributed by atoms with Crippen LogP contribution in [-0.2, 0) is 13.0 Å². The second-order valence-corrected chi connectivity index (χ2v) is 7.78. The monoisotopic (exact) mass is 396 g/mol. The molecule has 0 spiro atoms. The molecule has 3 rings (SSSR count). The van der Waals surface area contributed by atoms with Crippen molar-refractivity contribution in [1.82, 2.24) is 10.2 Å². The number of ether oxygens (including phenoxy) is 2. The van der Waals surface area contributed by atoms with Crippen LogP contribution < -0.4 is 14.8 Å². The van der Waals surface area contributed by atoms with Crippen molar-refractivity contribution in [2.75, 3.05) is 33.9 Å². The molecule has 0 radical (unpaired) electrons. The normalized spacial score (nSPS) is 13.7. The zero-order valence-corrected chi connectivity index (χ0v) is 18.0. The first-order valence-corrected chi connectivity index (χ1v) is 10.3. The highest BCUT2D eigenvalue weighted by atomic mass is 16.5. The van der Waals surface area contributed by atoms with Gasteiger partial charge in [-0.2, -0.15) is 0 Å². The number of aryl methyl sites for hydroxylation is 2. The van der Waals surface area contributed by atoms with Crippen LogP contribution in [0.3, 0.4) is 0 Å². The number of carbonyl (C=O) groups excluding carboxylic acids is 1. The van der Waals surface area contributed by atoms with E-state index in [1.54, 1.807) is 14.2 Å². The van der Waals surface area contributed by atoms with Gasteiger partial charge in [-0.05, 0) is 74.5 Å². The van der Waals surface area contributed by atoms with Gasteiger partial charge in [0, 0.05) is 25.2 Å². The minimum absolute atomic E-state index is 0.0270. The van der Waals surface area contributed by atoms with E-state index >= 15 is 0 Å². The molecule has 0 saturated heterocycles. The van der Waals surface area contributed by atoms with Crippen LogP contribution in [0.1, 0.15) is 45.5 Å². The minimum Gasteiger partial charge on any atom is -0.493 e. The van der Waals surface area contributed by atoms with Crippen LogP contribution in [0.15, 0.2) is 30.3 Å². The van der Waals surface area contributed by atoms with Gasteiger partial charge in [-0.1, -0.05) is 17.7 Å². The van der Waals surface area contributed by atoms with Crippen molar-refractivity contribution >= 4 is 5.91 Å². The lowest BCUT2D eigenvalue weighted by atomic mass is 9.98. The van der Waals surface area contributed by atoms with E-state index in [2.05, 4.69) is 22.3 Å². The Morgan fingerprint density at radius 3 is 2.48 bits per heavy atom. The van der Waals surface area contributed by atoms with E-state index in [9.17, 15) is 4.79 Å². The zero-order chi connectivity index (χ0) is 20.8. The van der Waals surface area contributed by atoms with Gasteiger partial charge in [0.1, 0.15) is 0 Å². The average Bonchev–Trinajstić information content (AvgIpc) is 2.73. The van der Waals surface area contributed by atoms with E-state index in [-0.39, 0.29) is 5.91 Å². The Morgan fingerprint density at radius 1 is 1.03 bits per heavy atom. The molecule has 2 aromatic carbocycles. The number of nitrogens with zero attached hydrogens (tertiary/aromatic N) is 1. The predicted octanol–water partition coefficient (Wildman–Crippen LogP) is 3.89. The molecule has 0 aromatic heterocycles. The molecule has 156 valence electrons. The lowest BCUT2D eigenvalue weighted by Crippen LogP contribution is -2.32. The van der Waals surface area contributed by atoms with Crippen molar-refractivity contribution < 1.29 is 14.3 Å². The van der Waals surface area contributed by atoms with Gasteiger partial charge >= 0.3 is 0 Å². The lowest BCUT2D eigenvalue weighted by Gasteiger charge is -2.29. The second-order valence-electron chi connectivity index (χ2n) is 7.78. The molecule has 0 unspecified atom stereocenters. The summed E-state index contributed by atoms with van der Waals surface area (Å²) in [6, 6.07) is 10.2. The van der Waals surface area contributed by atoms with E-state index in [0.717, 1.165) is 67.1 Å². The van der Waals surface area contributed by atoms with Gasteiger partial charge in [0.15, 0.2) is 11.5 Å². The van der Waals surface area contributed by atoms with Crippen LogP contribution >= 0.6 is 0 Å². The molecule has 1 aliphatic heterocycles. The van der Waals surface area contributed by atoms with Crippen LogP contribution in [0.4, 0.5) is 0 Å². The third-order valence-electron chi connectivity index (χ3n) is 5.62. The van der Waals surface area contributed by atoms with Gasteiger partial charge < -0.3 is 14.8 Å². The van der Waals surface area contributed by atoms with Gasteiger partial charge in [0.2, 0.25) is 0 Å². The molecule has 29 heavy (non-hydrogen) atoms. The fourth-order valence-electron chi connectivity index (χ4n) is 3.87. The number of amides is 1. The summed E-state index contributed by atoms with van der Waals surface area (Å²) in [6.45, 7) is 7.72. The van der Waals surface area contributed by atoms with E-state index < -0.39 is 0 Å². The molecule has 0 atom stereocenters. The number of benzene rings is 2. The van der Waals surface area contributed by atoms with Gasteiger partial charge in [-0.3, -0.25) is 9.69 Å². The molecular weight excluding hydrogens is 364 g/mol. The Balaban J connectivity index is 1.44. The summed E-state index contributed by atoms with van der Waals surface area (Å²) in [7, 11) is 3.36. The van der Waals surface area contributed by atoms with Gasteiger partial charge in [0.25, 0.3) is 5.91 Å². The summed E-state index contributed by atoms with van der Waals surface area (Å²) in [6.07, 6.45) is 3.07. The third-order valence-corrected chi connectivity index (χ3v) is 5.62. The topological polar surface area (TPSA) is 50.8 Å². The third kappa shape index (κ3) is 5.30. The van der Waals surface area contributed by atoms with E-state index in [1.165, 1.54) is 11.1 Å². The molecule has 0 aliphatic carbocycles. The largest absolute Gasteiger partial charge is 0.493 e. The fourth-order valence-corrected chi connectivity index (χ4v) is 3.87. The molecule has 0 saturated carbocycles. The predicted molar refractivity (Wildman–Crippen MR) is 116 cm³/mol. The van der Waals surface area contributed by atoms with Gasteiger partial charge in [-0.25, -0.2) is 0 Å². The number of nitrogens with one attached hydrogen (secondary N) is 1. The Labute approximate surface area is 174 Å². The van der Waals surface area contributed by atoms with Crippen molar-refractivity contribution in [3.05, 3.63) is 58.1 Å². The molecule has 0 bridgehead atoms. The maximum absolute atomic E-state index is 12.4. The van der Waals surface area contributed by atoms with E-state index in [1.807, 2.05) is 32.0 Å². The minimum atomic E-state index is 0.0270. The summed E-state index contributed by atoms with van der Waals surface area (Å²) in [5.41, 5.74) is 5.58. The van der Waals surface area contributed by atoms with Crippen molar-refractivity contribution in [1.29, 1.82) is 0 Å².